The SMILES string of the molecule is N[C@@H](CCC(=O)O)C(=O)[O-].N[C@@H](CCC(=O)O)C(=O)[O-].[Pb+2]. The summed E-state index contributed by atoms with van der Waals surface area (Å²) in [7, 11) is 0. The Morgan fingerprint density at radius 1 is 0.810 bits per heavy atom. The van der Waals surface area contributed by atoms with Gasteiger partial charge in [0.25, 0.3) is 0 Å². The smallest absolute Gasteiger partial charge is 0.548 e. The van der Waals surface area contributed by atoms with E-state index in [4.69, 9.17) is 21.7 Å². The molecule has 0 bridgehead atoms. The van der Waals surface area contributed by atoms with Crippen LogP contribution in [0.2, 0.25) is 0 Å². The van der Waals surface area contributed by atoms with Crippen molar-refractivity contribution in [2.75, 3.05) is 0 Å². The molecule has 10 nitrogen and oxygen atoms in total. The standard InChI is InChI=1S/2C5H9NO4.Pb/c2*6-3(5(9)10)1-2-4(7)8;/h2*3H,1-2,6H2,(H,7,8)(H,9,10);/q;;+2/p-2/t2*3-;/m00./s1. The van der Waals surface area contributed by atoms with E-state index >= 15 is 0 Å². The predicted molar refractivity (Wildman–Crippen MR) is 65.5 cm³/mol. The Morgan fingerprint density at radius 3 is 1.19 bits per heavy atom. The van der Waals surface area contributed by atoms with Gasteiger partial charge in [0, 0.05) is 24.9 Å². The molecule has 0 amide bonds. The molecular formula is C10H16N2O8Pb. The quantitative estimate of drug-likeness (QED) is 0.235. The fourth-order valence-electron chi connectivity index (χ4n) is 0.794. The summed E-state index contributed by atoms with van der Waals surface area (Å²) in [5, 5.41) is 35.9. The number of aliphatic carboxylic acids is 4. The van der Waals surface area contributed by atoms with Crippen LogP contribution in [0.3, 0.4) is 0 Å². The molecule has 118 valence electrons. The van der Waals surface area contributed by atoms with Crippen LogP contribution >= 0.6 is 0 Å². The molecule has 0 rings (SSSR count). The molecule has 0 aromatic carbocycles. The molecule has 11 heteroatoms. The van der Waals surface area contributed by atoms with E-state index in [1.54, 1.807) is 0 Å². The van der Waals surface area contributed by atoms with Crippen molar-refractivity contribution in [2.45, 2.75) is 37.8 Å². The minimum atomic E-state index is -1.42. The number of hydrogen-bond donors (Lipinski definition) is 4. The fraction of sp³-hybridized carbons (Fsp3) is 0.600. The van der Waals surface area contributed by atoms with Crippen molar-refractivity contribution in [3.63, 3.8) is 0 Å². The second-order valence-electron chi connectivity index (χ2n) is 3.72. The number of carbonyl (C=O) groups excluding carboxylic acids is 2. The van der Waals surface area contributed by atoms with Gasteiger partial charge in [-0.2, -0.15) is 0 Å². The summed E-state index contributed by atoms with van der Waals surface area (Å²) in [6, 6.07) is -2.34. The number of rotatable bonds is 8. The molecule has 6 N–H and O–H groups in total. The largest absolute Gasteiger partial charge is 2.00 e. The average Bonchev–Trinajstić information content (AvgIpc) is 2.33. The van der Waals surface area contributed by atoms with Gasteiger partial charge in [-0.3, -0.25) is 9.59 Å². The first kappa shape index (κ1) is 24.7. The second-order valence-corrected chi connectivity index (χ2v) is 3.72. The van der Waals surface area contributed by atoms with Gasteiger partial charge < -0.3 is 41.5 Å². The van der Waals surface area contributed by atoms with Gasteiger partial charge in [-0.15, -0.1) is 0 Å². The number of nitrogens with two attached hydrogens (primary N) is 2. The molecule has 0 fully saturated rings. The van der Waals surface area contributed by atoms with Crippen LogP contribution in [-0.2, 0) is 19.2 Å². The van der Waals surface area contributed by atoms with Crippen molar-refractivity contribution in [2.24, 2.45) is 11.5 Å². The van der Waals surface area contributed by atoms with Crippen LogP contribution in [0.25, 0.3) is 0 Å². The van der Waals surface area contributed by atoms with Crippen molar-refractivity contribution in [3.8, 4) is 0 Å². The van der Waals surface area contributed by atoms with E-state index in [1.807, 2.05) is 0 Å². The van der Waals surface area contributed by atoms with Gasteiger partial charge in [0.15, 0.2) is 0 Å². The van der Waals surface area contributed by atoms with Gasteiger partial charge in [-0.25, -0.2) is 0 Å². The summed E-state index contributed by atoms with van der Waals surface area (Å²) >= 11 is 0. The van der Waals surface area contributed by atoms with E-state index in [9.17, 15) is 29.4 Å². The number of hydrogen-bond acceptors (Lipinski definition) is 8. The van der Waals surface area contributed by atoms with Crippen LogP contribution in [0.5, 0.6) is 0 Å². The van der Waals surface area contributed by atoms with Crippen molar-refractivity contribution >= 4 is 51.2 Å². The van der Waals surface area contributed by atoms with Gasteiger partial charge in [0.1, 0.15) is 0 Å². The van der Waals surface area contributed by atoms with Crippen LogP contribution in [0.15, 0.2) is 0 Å². The van der Waals surface area contributed by atoms with Crippen LogP contribution in [0.1, 0.15) is 25.7 Å². The summed E-state index contributed by atoms with van der Waals surface area (Å²) in [6.45, 7) is 0. The van der Waals surface area contributed by atoms with Gasteiger partial charge in [0.2, 0.25) is 0 Å². The van der Waals surface area contributed by atoms with Gasteiger partial charge in [-0.05, 0) is 12.8 Å². The third kappa shape index (κ3) is 18.7. The van der Waals surface area contributed by atoms with Crippen LogP contribution in [0.4, 0.5) is 0 Å². The third-order valence-corrected chi connectivity index (χ3v) is 1.94. The van der Waals surface area contributed by atoms with E-state index in [1.165, 1.54) is 0 Å². The number of carboxylic acid groups (broad SMARTS) is 4. The monoisotopic (exact) mass is 500 g/mol. The molecule has 0 aromatic rings. The van der Waals surface area contributed by atoms with Crippen LogP contribution < -0.4 is 21.7 Å². The first-order chi connectivity index (χ1) is 9.07. The van der Waals surface area contributed by atoms with E-state index < -0.39 is 36.0 Å². The zero-order valence-electron chi connectivity index (χ0n) is 11.0. The molecule has 0 saturated carbocycles. The van der Waals surface area contributed by atoms with Crippen molar-refractivity contribution < 1.29 is 39.6 Å². The molecule has 0 spiro atoms. The maximum atomic E-state index is 9.88. The molecule has 0 aromatic heterocycles. The zero-order chi connectivity index (χ0) is 16.3. The van der Waals surface area contributed by atoms with E-state index in [-0.39, 0.29) is 53.0 Å². The first-order valence-electron chi connectivity index (χ1n) is 5.44. The molecule has 0 aliphatic rings. The summed E-state index contributed by atoms with van der Waals surface area (Å²) in [5.41, 5.74) is 9.88. The molecule has 2 radical (unpaired) electrons. The Bertz CT molecular complexity index is 329. The summed E-state index contributed by atoms with van der Waals surface area (Å²) in [6.07, 6.45) is -0.653. The molecular weight excluding hydrogens is 483 g/mol. The first-order valence-corrected chi connectivity index (χ1v) is 5.44. The number of carbonyl (C=O) groups is 4. The Kier molecular flexibility index (Phi) is 16.1. The summed E-state index contributed by atoms with van der Waals surface area (Å²) in [4.78, 5) is 39.5. The minimum absolute atomic E-state index is 0. The molecule has 0 aliphatic carbocycles. The zero-order valence-corrected chi connectivity index (χ0v) is 14.9. The van der Waals surface area contributed by atoms with Crippen molar-refractivity contribution in [1.29, 1.82) is 0 Å². The Balaban J connectivity index is -0.000000295. The van der Waals surface area contributed by atoms with Gasteiger partial charge >= 0.3 is 39.2 Å². The topological polar surface area (TPSA) is 207 Å². The van der Waals surface area contributed by atoms with Gasteiger partial charge in [0.05, 0.1) is 11.9 Å². The van der Waals surface area contributed by atoms with Crippen molar-refractivity contribution in [3.05, 3.63) is 0 Å². The minimum Gasteiger partial charge on any atom is -0.548 e. The Hall–Kier alpha value is -1.28. The van der Waals surface area contributed by atoms with E-state index in [0.717, 1.165) is 0 Å². The molecule has 0 heterocycles. The normalized spacial score (nSPS) is 11.9. The molecule has 0 saturated heterocycles. The van der Waals surface area contributed by atoms with Gasteiger partial charge in [-0.1, -0.05) is 0 Å². The molecule has 0 aliphatic heterocycles. The third-order valence-electron chi connectivity index (χ3n) is 1.94. The van der Waals surface area contributed by atoms with Crippen LogP contribution in [0, 0.1) is 0 Å². The maximum absolute atomic E-state index is 9.88. The van der Waals surface area contributed by atoms with E-state index in [2.05, 4.69) is 0 Å². The fourth-order valence-corrected chi connectivity index (χ4v) is 0.794. The maximum Gasteiger partial charge on any atom is 2.00 e. The number of carboxylic acids is 4. The Labute approximate surface area is 140 Å². The van der Waals surface area contributed by atoms with Crippen molar-refractivity contribution in [1.82, 2.24) is 0 Å². The van der Waals surface area contributed by atoms with Crippen LogP contribution in [-0.4, -0.2) is 73.5 Å². The molecule has 21 heavy (non-hydrogen) atoms. The van der Waals surface area contributed by atoms with E-state index in [0.29, 0.717) is 0 Å². The Morgan fingerprint density at radius 2 is 1.05 bits per heavy atom. The second kappa shape index (κ2) is 13.7. The summed E-state index contributed by atoms with van der Waals surface area (Å²) in [5.74, 6) is -4.95. The summed E-state index contributed by atoms with van der Waals surface area (Å²) < 4.78 is 0. The average molecular weight is 499 g/mol. The molecule has 2 atom stereocenters. The molecule has 0 unspecified atom stereocenters. The predicted octanol–water partition coefficient (Wildman–Crippen LogP) is -4.52.